The van der Waals surface area contributed by atoms with Gasteiger partial charge in [0.25, 0.3) is 5.56 Å². The number of para-hydroxylation sites is 1. The highest BCUT2D eigenvalue weighted by molar-refractivity contribution is 6.35. The van der Waals surface area contributed by atoms with E-state index in [2.05, 4.69) is 14.8 Å². The van der Waals surface area contributed by atoms with E-state index in [9.17, 15) is 18.0 Å². The van der Waals surface area contributed by atoms with E-state index in [0.717, 1.165) is 17.5 Å². The fourth-order valence-electron chi connectivity index (χ4n) is 2.72. The molecule has 9 heteroatoms. The Balaban J connectivity index is 1.87. The lowest BCUT2D eigenvalue weighted by molar-refractivity contribution is -0.274. The van der Waals surface area contributed by atoms with Gasteiger partial charge in [-0.05, 0) is 36.4 Å². The van der Waals surface area contributed by atoms with Crippen LogP contribution in [0.1, 0.15) is 0 Å². The third-order valence-corrected chi connectivity index (χ3v) is 4.09. The SMILES string of the molecule is O=c1[nH]n(-c2ccc3cccc(Cl)c3n2)c2ccc(OC(F)(F)F)cc12. The van der Waals surface area contributed by atoms with Crippen molar-refractivity contribution < 1.29 is 17.9 Å². The predicted molar refractivity (Wildman–Crippen MR) is 90.9 cm³/mol. The molecule has 4 aromatic rings. The maximum atomic E-state index is 12.4. The summed E-state index contributed by atoms with van der Waals surface area (Å²) in [5.74, 6) is -0.0926. The zero-order valence-corrected chi connectivity index (χ0v) is 13.6. The number of aromatic amines is 1. The minimum atomic E-state index is -4.83. The molecule has 0 aliphatic carbocycles. The summed E-state index contributed by atoms with van der Waals surface area (Å²) in [5.41, 5.74) is 0.350. The lowest BCUT2D eigenvalue weighted by Gasteiger charge is -2.09. The Bertz CT molecular complexity index is 1200. The summed E-state index contributed by atoms with van der Waals surface area (Å²) < 4.78 is 42.3. The van der Waals surface area contributed by atoms with Gasteiger partial charge in [-0.1, -0.05) is 23.7 Å². The summed E-state index contributed by atoms with van der Waals surface area (Å²) in [4.78, 5) is 16.6. The Morgan fingerprint density at radius 2 is 1.92 bits per heavy atom. The van der Waals surface area contributed by atoms with Crippen LogP contribution in [-0.2, 0) is 0 Å². The van der Waals surface area contributed by atoms with Crippen molar-refractivity contribution >= 4 is 33.4 Å². The number of nitrogens with one attached hydrogen (secondary N) is 1. The van der Waals surface area contributed by atoms with E-state index < -0.39 is 17.7 Å². The van der Waals surface area contributed by atoms with Crippen LogP contribution in [-0.4, -0.2) is 21.1 Å². The van der Waals surface area contributed by atoms with E-state index >= 15 is 0 Å². The molecule has 0 amide bonds. The summed E-state index contributed by atoms with van der Waals surface area (Å²) in [6, 6.07) is 12.3. The molecule has 0 saturated heterocycles. The molecule has 0 atom stereocenters. The van der Waals surface area contributed by atoms with Gasteiger partial charge in [-0.2, -0.15) is 0 Å². The number of halogens is 4. The smallest absolute Gasteiger partial charge is 0.406 e. The fraction of sp³-hybridized carbons (Fsp3) is 0.0588. The van der Waals surface area contributed by atoms with Crippen molar-refractivity contribution in [3.8, 4) is 11.6 Å². The Morgan fingerprint density at radius 1 is 1.12 bits per heavy atom. The summed E-state index contributed by atoms with van der Waals surface area (Å²) in [5, 5.41) is 3.88. The lowest BCUT2D eigenvalue weighted by atomic mass is 10.2. The Morgan fingerprint density at radius 3 is 2.69 bits per heavy atom. The Labute approximate surface area is 148 Å². The highest BCUT2D eigenvalue weighted by Crippen LogP contribution is 2.27. The highest BCUT2D eigenvalue weighted by atomic mass is 35.5. The summed E-state index contributed by atoms with van der Waals surface area (Å²) >= 11 is 6.16. The number of ether oxygens (including phenoxy) is 1. The fourth-order valence-corrected chi connectivity index (χ4v) is 2.94. The molecule has 0 saturated carbocycles. The first-order chi connectivity index (χ1) is 12.3. The number of pyridine rings is 1. The molecule has 0 radical (unpaired) electrons. The van der Waals surface area contributed by atoms with Gasteiger partial charge in [0, 0.05) is 5.39 Å². The molecule has 0 spiro atoms. The molecule has 26 heavy (non-hydrogen) atoms. The topological polar surface area (TPSA) is 59.9 Å². The summed E-state index contributed by atoms with van der Waals surface area (Å²) in [7, 11) is 0. The standard InChI is InChI=1S/C17H9ClF3N3O2/c18-12-3-1-2-9-4-7-14(22-15(9)12)24-13-6-5-10(26-17(19,20)21)8-11(13)16(25)23-24/h1-8H,(H,23,25). The monoisotopic (exact) mass is 379 g/mol. The van der Waals surface area contributed by atoms with Gasteiger partial charge in [0.1, 0.15) is 5.75 Å². The zero-order chi connectivity index (χ0) is 18.5. The maximum absolute atomic E-state index is 12.4. The van der Waals surface area contributed by atoms with Gasteiger partial charge in [-0.15, -0.1) is 13.2 Å². The van der Waals surface area contributed by atoms with Gasteiger partial charge in [-0.25, -0.2) is 9.67 Å². The second-order valence-electron chi connectivity index (χ2n) is 5.48. The Kier molecular flexibility index (Phi) is 3.66. The number of nitrogens with zero attached hydrogens (tertiary/aromatic N) is 2. The number of hydrogen-bond acceptors (Lipinski definition) is 3. The van der Waals surface area contributed by atoms with Crippen LogP contribution < -0.4 is 10.3 Å². The average molecular weight is 380 g/mol. The molecule has 0 aliphatic heterocycles. The second kappa shape index (κ2) is 5.77. The van der Waals surface area contributed by atoms with Crippen LogP contribution in [0.4, 0.5) is 13.2 Å². The van der Waals surface area contributed by atoms with Crippen molar-refractivity contribution in [1.82, 2.24) is 14.8 Å². The summed E-state index contributed by atoms with van der Waals surface area (Å²) in [6.45, 7) is 0. The van der Waals surface area contributed by atoms with Crippen LogP contribution in [0.25, 0.3) is 27.6 Å². The van der Waals surface area contributed by atoms with Crippen LogP contribution >= 0.6 is 11.6 Å². The molecule has 4 rings (SSSR count). The predicted octanol–water partition coefficient (Wildman–Crippen LogP) is 4.42. The molecule has 0 aliphatic rings. The minimum absolute atomic E-state index is 0.0489. The van der Waals surface area contributed by atoms with Gasteiger partial charge >= 0.3 is 6.36 Å². The van der Waals surface area contributed by atoms with Crippen LogP contribution in [0.2, 0.25) is 5.02 Å². The largest absolute Gasteiger partial charge is 0.573 e. The third kappa shape index (κ3) is 2.88. The molecule has 2 aromatic carbocycles. The number of rotatable bonds is 2. The van der Waals surface area contributed by atoms with Crippen molar-refractivity contribution in [1.29, 1.82) is 0 Å². The molecule has 0 bridgehead atoms. The van der Waals surface area contributed by atoms with Gasteiger partial charge in [0.05, 0.1) is 21.4 Å². The van der Waals surface area contributed by atoms with E-state index in [0.29, 0.717) is 21.9 Å². The molecule has 2 aromatic heterocycles. The Hall–Kier alpha value is -3.00. The maximum Gasteiger partial charge on any atom is 0.573 e. The van der Waals surface area contributed by atoms with Crippen molar-refractivity contribution in [2.75, 3.05) is 0 Å². The van der Waals surface area contributed by atoms with Gasteiger partial charge in [-0.3, -0.25) is 9.89 Å². The van der Waals surface area contributed by atoms with Crippen LogP contribution in [0, 0.1) is 0 Å². The highest BCUT2D eigenvalue weighted by Gasteiger charge is 2.31. The number of H-pyrrole nitrogens is 1. The quantitative estimate of drug-likeness (QED) is 0.561. The zero-order valence-electron chi connectivity index (χ0n) is 12.8. The van der Waals surface area contributed by atoms with E-state index in [1.165, 1.54) is 10.7 Å². The molecule has 0 fully saturated rings. The van der Waals surface area contributed by atoms with E-state index in [4.69, 9.17) is 11.6 Å². The first-order valence-electron chi connectivity index (χ1n) is 7.38. The van der Waals surface area contributed by atoms with Crippen molar-refractivity contribution in [3.05, 3.63) is 63.9 Å². The van der Waals surface area contributed by atoms with Gasteiger partial charge in [0.2, 0.25) is 0 Å². The minimum Gasteiger partial charge on any atom is -0.406 e. The summed E-state index contributed by atoms with van der Waals surface area (Å²) in [6.07, 6.45) is -4.83. The molecular formula is C17H9ClF3N3O2. The second-order valence-corrected chi connectivity index (χ2v) is 5.89. The lowest BCUT2D eigenvalue weighted by Crippen LogP contribution is -2.17. The molecule has 1 N–H and O–H groups in total. The molecule has 0 unspecified atom stereocenters. The average Bonchev–Trinajstić information content (AvgIpc) is 2.90. The van der Waals surface area contributed by atoms with Gasteiger partial charge in [0.15, 0.2) is 5.82 Å². The van der Waals surface area contributed by atoms with E-state index in [-0.39, 0.29) is 5.39 Å². The van der Waals surface area contributed by atoms with E-state index in [1.807, 2.05) is 6.07 Å². The normalized spacial score (nSPS) is 12.0. The van der Waals surface area contributed by atoms with E-state index in [1.54, 1.807) is 24.3 Å². The van der Waals surface area contributed by atoms with Crippen molar-refractivity contribution in [3.63, 3.8) is 0 Å². The third-order valence-electron chi connectivity index (χ3n) is 3.79. The van der Waals surface area contributed by atoms with Crippen LogP contribution in [0.5, 0.6) is 5.75 Å². The molecule has 132 valence electrons. The molecule has 5 nitrogen and oxygen atoms in total. The molecular weight excluding hydrogens is 371 g/mol. The van der Waals surface area contributed by atoms with Crippen molar-refractivity contribution in [2.24, 2.45) is 0 Å². The van der Waals surface area contributed by atoms with Crippen molar-refractivity contribution in [2.45, 2.75) is 6.36 Å². The number of aromatic nitrogens is 3. The van der Waals surface area contributed by atoms with Crippen LogP contribution in [0.15, 0.2) is 53.3 Å². The van der Waals surface area contributed by atoms with Gasteiger partial charge < -0.3 is 4.74 Å². The van der Waals surface area contributed by atoms with Crippen LogP contribution in [0.3, 0.4) is 0 Å². The first kappa shape index (κ1) is 16.5. The molecule has 2 heterocycles. The first-order valence-corrected chi connectivity index (χ1v) is 7.76. The number of benzene rings is 2. The number of fused-ring (bicyclic) bond motifs is 2. The number of alkyl halides is 3. The number of hydrogen-bond donors (Lipinski definition) is 1.